The molecule has 3 N–H and O–H groups in total. The minimum atomic E-state index is -0.877. The highest BCUT2D eigenvalue weighted by atomic mass is 32.1. The van der Waals surface area contributed by atoms with E-state index in [1.807, 2.05) is 42.9 Å². The summed E-state index contributed by atoms with van der Waals surface area (Å²) in [6.07, 6.45) is 2.22. The highest BCUT2D eigenvalue weighted by Gasteiger charge is 2.27. The van der Waals surface area contributed by atoms with Gasteiger partial charge in [0.25, 0.3) is 0 Å². The van der Waals surface area contributed by atoms with Crippen molar-refractivity contribution < 1.29 is 23.4 Å². The van der Waals surface area contributed by atoms with Gasteiger partial charge in [-0.3, -0.25) is 14.6 Å². The van der Waals surface area contributed by atoms with Gasteiger partial charge in [-0.2, -0.15) is 10.2 Å². The molecule has 0 aliphatic rings. The normalized spacial score (nSPS) is 12.9. The molecule has 2 atom stereocenters. The summed E-state index contributed by atoms with van der Waals surface area (Å²) in [5.41, 5.74) is 3.81. The Morgan fingerprint density at radius 3 is 2.77 bits per heavy atom. The predicted molar refractivity (Wildman–Crippen MR) is 166 cm³/mol. The molecule has 2 aromatic carbocycles. The number of amides is 1. The lowest BCUT2D eigenvalue weighted by atomic mass is 9.95. The number of aryl methyl sites for hydroxylation is 1. The van der Waals surface area contributed by atoms with E-state index in [2.05, 4.69) is 27.2 Å². The second-order valence-electron chi connectivity index (χ2n) is 10.5. The Morgan fingerprint density at radius 2 is 2.00 bits per heavy atom. The fourth-order valence-electron chi connectivity index (χ4n) is 5.10. The minimum absolute atomic E-state index is 0.0118. The van der Waals surface area contributed by atoms with E-state index in [0.29, 0.717) is 33.7 Å². The van der Waals surface area contributed by atoms with Gasteiger partial charge in [0.05, 0.1) is 45.0 Å². The van der Waals surface area contributed by atoms with Gasteiger partial charge in [-0.15, -0.1) is 11.3 Å². The molecule has 0 saturated heterocycles. The van der Waals surface area contributed by atoms with E-state index in [1.54, 1.807) is 17.7 Å². The standard InChI is InChI=1S/C32H28F2N6O3S/c1-5-27(42)35-17(3)23-13-25(38-37-23)31-28(29-22(34)11-20(33)12-26(29)43-15-16(2)41)21-8-9-44-32(21)30(36-31)18-6-7-19-14-40(4)39-24(19)10-18/h5-14,16-17,41H,1,15H2,2-4H3,(H,35,42)(H,37,38)/t16-,17-/m1/s1. The molecule has 0 radical (unpaired) electrons. The molecule has 0 aliphatic carbocycles. The highest BCUT2D eigenvalue weighted by molar-refractivity contribution is 7.17. The van der Waals surface area contributed by atoms with Gasteiger partial charge in [0.15, 0.2) is 0 Å². The molecule has 0 fully saturated rings. The summed E-state index contributed by atoms with van der Waals surface area (Å²) < 4.78 is 38.6. The molecule has 6 rings (SSSR count). The molecule has 0 saturated carbocycles. The number of aliphatic hydroxyl groups excluding tert-OH is 1. The molecule has 44 heavy (non-hydrogen) atoms. The molecule has 6 aromatic rings. The first kappa shape index (κ1) is 29.1. The van der Waals surface area contributed by atoms with E-state index in [4.69, 9.17) is 9.72 Å². The topological polar surface area (TPSA) is 118 Å². The largest absolute Gasteiger partial charge is 0.490 e. The number of fused-ring (bicyclic) bond motifs is 2. The lowest BCUT2D eigenvalue weighted by molar-refractivity contribution is -0.117. The Kier molecular flexibility index (Phi) is 7.70. The number of halogens is 2. The third-order valence-electron chi connectivity index (χ3n) is 7.11. The molecule has 12 heteroatoms. The number of ether oxygens (including phenoxy) is 1. The lowest BCUT2D eigenvalue weighted by Crippen LogP contribution is -2.24. The number of H-pyrrole nitrogens is 1. The summed E-state index contributed by atoms with van der Waals surface area (Å²) in [7, 11) is 1.85. The number of rotatable bonds is 9. The van der Waals surface area contributed by atoms with Gasteiger partial charge in [-0.05, 0) is 43.5 Å². The Morgan fingerprint density at radius 1 is 1.18 bits per heavy atom. The van der Waals surface area contributed by atoms with Crippen molar-refractivity contribution in [2.24, 2.45) is 7.05 Å². The van der Waals surface area contributed by atoms with Crippen LogP contribution in [0.4, 0.5) is 8.78 Å². The fraction of sp³-hybridized carbons (Fsp3) is 0.188. The van der Waals surface area contributed by atoms with Gasteiger partial charge in [0.1, 0.15) is 29.7 Å². The monoisotopic (exact) mass is 614 g/mol. The number of hydrogen-bond donors (Lipinski definition) is 3. The van der Waals surface area contributed by atoms with Crippen LogP contribution in [-0.2, 0) is 11.8 Å². The maximum atomic E-state index is 15.9. The Labute approximate surface area is 254 Å². The van der Waals surface area contributed by atoms with Crippen LogP contribution in [0, 0.1) is 11.6 Å². The number of carbonyl (C=O) groups is 1. The van der Waals surface area contributed by atoms with Crippen LogP contribution < -0.4 is 10.1 Å². The minimum Gasteiger partial charge on any atom is -0.490 e. The molecule has 0 bridgehead atoms. The molecule has 9 nitrogen and oxygen atoms in total. The molecule has 1 amide bonds. The Hall–Kier alpha value is -4.94. The van der Waals surface area contributed by atoms with E-state index in [-0.39, 0.29) is 23.8 Å². The van der Waals surface area contributed by atoms with Crippen molar-refractivity contribution in [2.75, 3.05) is 6.61 Å². The van der Waals surface area contributed by atoms with Gasteiger partial charge >= 0.3 is 0 Å². The first-order valence-electron chi connectivity index (χ1n) is 13.8. The quantitative estimate of drug-likeness (QED) is 0.164. The van der Waals surface area contributed by atoms with Crippen LogP contribution in [0.3, 0.4) is 0 Å². The average Bonchev–Trinajstić information content (AvgIpc) is 3.74. The SMILES string of the molecule is C=CC(=O)N[C@H](C)c1cc(-c2nc(-c3ccc4cn(C)nc4c3)c3sccc3c2-c2c(F)cc(F)cc2OC[C@@H](C)O)n[nH]1. The van der Waals surface area contributed by atoms with Crippen LogP contribution in [0.15, 0.2) is 66.7 Å². The van der Waals surface area contributed by atoms with Crippen molar-refractivity contribution in [1.29, 1.82) is 0 Å². The Balaban J connectivity index is 1.62. The van der Waals surface area contributed by atoms with Crippen LogP contribution in [-0.4, -0.2) is 48.7 Å². The van der Waals surface area contributed by atoms with Crippen LogP contribution in [0.1, 0.15) is 25.6 Å². The maximum Gasteiger partial charge on any atom is 0.243 e. The molecule has 0 spiro atoms. The number of nitrogens with zero attached hydrogens (tertiary/aromatic N) is 4. The third kappa shape index (κ3) is 5.45. The molecular weight excluding hydrogens is 586 g/mol. The fourth-order valence-corrected chi connectivity index (χ4v) is 6.02. The number of nitrogens with one attached hydrogen (secondary N) is 2. The number of aromatic amines is 1. The first-order chi connectivity index (χ1) is 21.1. The van der Waals surface area contributed by atoms with E-state index >= 15 is 4.39 Å². The lowest BCUT2D eigenvalue weighted by Gasteiger charge is -2.18. The summed E-state index contributed by atoms with van der Waals surface area (Å²) in [6.45, 7) is 6.61. The van der Waals surface area contributed by atoms with Gasteiger partial charge < -0.3 is 15.2 Å². The van der Waals surface area contributed by atoms with E-state index in [1.165, 1.54) is 24.3 Å². The van der Waals surface area contributed by atoms with Crippen LogP contribution in [0.5, 0.6) is 5.75 Å². The van der Waals surface area contributed by atoms with Crippen molar-refractivity contribution in [2.45, 2.75) is 26.0 Å². The number of aromatic nitrogens is 5. The van der Waals surface area contributed by atoms with Gasteiger partial charge in [0.2, 0.25) is 5.91 Å². The number of carbonyl (C=O) groups excluding carboxylic acids is 1. The summed E-state index contributed by atoms with van der Waals surface area (Å²) >= 11 is 1.43. The molecule has 4 aromatic heterocycles. The van der Waals surface area contributed by atoms with E-state index < -0.39 is 23.8 Å². The molecule has 4 heterocycles. The summed E-state index contributed by atoms with van der Waals surface area (Å²) in [5, 5.41) is 28.2. The van der Waals surface area contributed by atoms with Gasteiger partial charge in [-0.25, -0.2) is 13.8 Å². The maximum absolute atomic E-state index is 15.9. The predicted octanol–water partition coefficient (Wildman–Crippen LogP) is 6.31. The number of hydrogen-bond acceptors (Lipinski definition) is 7. The number of aliphatic hydroxyl groups is 1. The number of pyridine rings is 1. The van der Waals surface area contributed by atoms with Gasteiger partial charge in [0, 0.05) is 47.3 Å². The Bertz CT molecular complexity index is 2050. The average molecular weight is 615 g/mol. The van der Waals surface area contributed by atoms with E-state index in [0.717, 1.165) is 33.3 Å². The van der Waals surface area contributed by atoms with Crippen LogP contribution >= 0.6 is 11.3 Å². The number of thiophene rings is 1. The van der Waals surface area contributed by atoms with Crippen molar-refractivity contribution in [3.8, 4) is 39.5 Å². The second-order valence-corrected chi connectivity index (χ2v) is 11.4. The molecule has 0 unspecified atom stereocenters. The molecular formula is C32H28F2N6O3S. The zero-order valence-electron chi connectivity index (χ0n) is 24.1. The van der Waals surface area contributed by atoms with Crippen molar-refractivity contribution in [1.82, 2.24) is 30.3 Å². The van der Waals surface area contributed by atoms with Crippen molar-refractivity contribution in [3.63, 3.8) is 0 Å². The third-order valence-corrected chi connectivity index (χ3v) is 8.03. The summed E-state index contributed by atoms with van der Waals surface area (Å²) in [4.78, 5) is 17.0. The molecule has 0 aliphatic heterocycles. The zero-order chi connectivity index (χ0) is 31.1. The zero-order valence-corrected chi connectivity index (χ0v) is 24.9. The number of benzene rings is 2. The van der Waals surface area contributed by atoms with Gasteiger partial charge in [-0.1, -0.05) is 18.7 Å². The van der Waals surface area contributed by atoms with Crippen molar-refractivity contribution >= 4 is 38.2 Å². The molecule has 224 valence electrons. The van der Waals surface area contributed by atoms with Crippen LogP contribution in [0.25, 0.3) is 54.8 Å². The van der Waals surface area contributed by atoms with E-state index in [9.17, 15) is 14.3 Å². The van der Waals surface area contributed by atoms with Crippen molar-refractivity contribution in [3.05, 3.63) is 84.0 Å². The first-order valence-corrected chi connectivity index (χ1v) is 14.6. The van der Waals surface area contributed by atoms with Crippen LogP contribution in [0.2, 0.25) is 0 Å². The second kappa shape index (κ2) is 11.6. The highest BCUT2D eigenvalue weighted by Crippen LogP contribution is 2.47. The summed E-state index contributed by atoms with van der Waals surface area (Å²) in [6, 6.07) is 10.9. The summed E-state index contributed by atoms with van der Waals surface area (Å²) in [5.74, 6) is -2.11. The smallest absolute Gasteiger partial charge is 0.243 e.